The second-order valence-electron chi connectivity index (χ2n) is 4.30. The molecule has 2 rings (SSSR count). The molecular formula is C15H11F3O3. The van der Waals surface area contributed by atoms with Crippen LogP contribution in [0.25, 0.3) is 11.1 Å². The highest BCUT2D eigenvalue weighted by molar-refractivity contribution is 5.93. The number of carbonyl (C=O) groups excluding carboxylic acids is 1. The fourth-order valence-electron chi connectivity index (χ4n) is 1.87. The predicted molar refractivity (Wildman–Crippen MR) is 69.9 cm³/mol. The van der Waals surface area contributed by atoms with Gasteiger partial charge in [0, 0.05) is 0 Å². The second kappa shape index (κ2) is 5.47. The standard InChI is InChI=1S/C15H11F3O3/c1-21-14(20)12-6-5-10(8-13(12)19)9-3-2-4-11(7-9)15(16,17)18/h2-8,19H,1H3. The largest absolute Gasteiger partial charge is 0.507 e. The highest BCUT2D eigenvalue weighted by atomic mass is 19.4. The Kier molecular flexibility index (Phi) is 3.88. The summed E-state index contributed by atoms with van der Waals surface area (Å²) in [5, 5.41) is 9.76. The minimum absolute atomic E-state index is 0.0479. The summed E-state index contributed by atoms with van der Waals surface area (Å²) in [7, 11) is 1.17. The molecule has 21 heavy (non-hydrogen) atoms. The number of carbonyl (C=O) groups is 1. The van der Waals surface area contributed by atoms with E-state index in [-0.39, 0.29) is 16.9 Å². The van der Waals surface area contributed by atoms with Gasteiger partial charge in [-0.2, -0.15) is 13.2 Å². The lowest BCUT2D eigenvalue weighted by Crippen LogP contribution is -2.04. The van der Waals surface area contributed by atoms with Crippen LogP contribution in [0, 0.1) is 0 Å². The molecule has 0 spiro atoms. The van der Waals surface area contributed by atoms with Gasteiger partial charge < -0.3 is 9.84 Å². The number of ether oxygens (including phenoxy) is 1. The molecule has 2 aromatic carbocycles. The maximum Gasteiger partial charge on any atom is 0.416 e. The van der Waals surface area contributed by atoms with Crippen molar-refractivity contribution in [1.29, 1.82) is 0 Å². The summed E-state index contributed by atoms with van der Waals surface area (Å²) < 4.78 is 42.5. The molecule has 0 fully saturated rings. The first-order chi connectivity index (χ1) is 9.82. The number of aromatic hydroxyl groups is 1. The summed E-state index contributed by atoms with van der Waals surface area (Å²) in [6.07, 6.45) is -4.44. The van der Waals surface area contributed by atoms with E-state index in [4.69, 9.17) is 0 Å². The van der Waals surface area contributed by atoms with Gasteiger partial charge in [0.1, 0.15) is 11.3 Å². The van der Waals surface area contributed by atoms with E-state index < -0.39 is 17.7 Å². The van der Waals surface area contributed by atoms with Crippen LogP contribution in [-0.2, 0) is 10.9 Å². The van der Waals surface area contributed by atoms with Crippen molar-refractivity contribution in [2.45, 2.75) is 6.18 Å². The van der Waals surface area contributed by atoms with Crippen molar-refractivity contribution in [1.82, 2.24) is 0 Å². The van der Waals surface area contributed by atoms with Crippen molar-refractivity contribution in [3.05, 3.63) is 53.6 Å². The number of phenolic OH excluding ortho intramolecular Hbond substituents is 1. The molecule has 2 aromatic rings. The molecule has 0 bridgehead atoms. The van der Waals surface area contributed by atoms with Crippen LogP contribution in [0.1, 0.15) is 15.9 Å². The molecular weight excluding hydrogens is 285 g/mol. The summed E-state index contributed by atoms with van der Waals surface area (Å²) in [6.45, 7) is 0. The highest BCUT2D eigenvalue weighted by Crippen LogP contribution is 2.33. The maximum atomic E-state index is 12.7. The van der Waals surface area contributed by atoms with Crippen LogP contribution in [-0.4, -0.2) is 18.2 Å². The highest BCUT2D eigenvalue weighted by Gasteiger charge is 2.30. The number of alkyl halides is 3. The molecule has 1 N–H and O–H groups in total. The first-order valence-corrected chi connectivity index (χ1v) is 5.92. The van der Waals surface area contributed by atoms with Gasteiger partial charge in [-0.3, -0.25) is 0 Å². The number of phenols is 1. The Morgan fingerprint density at radius 3 is 2.33 bits per heavy atom. The summed E-state index contributed by atoms with van der Waals surface area (Å²) >= 11 is 0. The zero-order valence-electron chi connectivity index (χ0n) is 10.9. The molecule has 0 amide bonds. The van der Waals surface area contributed by atoms with Crippen molar-refractivity contribution in [2.24, 2.45) is 0 Å². The molecule has 0 atom stereocenters. The first-order valence-electron chi connectivity index (χ1n) is 5.92. The average Bonchev–Trinajstić information content (AvgIpc) is 2.45. The van der Waals surface area contributed by atoms with Crippen LogP contribution >= 0.6 is 0 Å². The second-order valence-corrected chi connectivity index (χ2v) is 4.30. The van der Waals surface area contributed by atoms with E-state index in [1.165, 1.54) is 37.4 Å². The van der Waals surface area contributed by atoms with Gasteiger partial charge in [-0.05, 0) is 35.4 Å². The lowest BCUT2D eigenvalue weighted by Gasteiger charge is -2.10. The fourth-order valence-corrected chi connectivity index (χ4v) is 1.87. The van der Waals surface area contributed by atoms with Crippen LogP contribution in [0.5, 0.6) is 5.75 Å². The average molecular weight is 296 g/mol. The minimum atomic E-state index is -4.44. The Morgan fingerprint density at radius 2 is 1.76 bits per heavy atom. The number of rotatable bonds is 2. The van der Waals surface area contributed by atoms with E-state index in [2.05, 4.69) is 4.74 Å². The minimum Gasteiger partial charge on any atom is -0.507 e. The van der Waals surface area contributed by atoms with Crippen LogP contribution in [0.15, 0.2) is 42.5 Å². The molecule has 0 aliphatic heterocycles. The zero-order chi connectivity index (χ0) is 15.6. The topological polar surface area (TPSA) is 46.5 Å². The third-order valence-electron chi connectivity index (χ3n) is 2.93. The van der Waals surface area contributed by atoms with Crippen molar-refractivity contribution >= 4 is 5.97 Å². The van der Waals surface area contributed by atoms with Crippen LogP contribution in [0.2, 0.25) is 0 Å². The van der Waals surface area contributed by atoms with E-state index in [9.17, 15) is 23.1 Å². The third-order valence-corrected chi connectivity index (χ3v) is 2.93. The molecule has 0 aliphatic rings. The van der Waals surface area contributed by atoms with E-state index in [1.807, 2.05) is 0 Å². The van der Waals surface area contributed by atoms with Gasteiger partial charge in [0.15, 0.2) is 0 Å². The smallest absolute Gasteiger partial charge is 0.416 e. The Bertz CT molecular complexity index is 678. The summed E-state index contributed by atoms with van der Waals surface area (Å²) in [5.74, 6) is -1.07. The zero-order valence-corrected chi connectivity index (χ0v) is 10.9. The number of halogens is 3. The molecule has 0 radical (unpaired) electrons. The lowest BCUT2D eigenvalue weighted by molar-refractivity contribution is -0.137. The van der Waals surface area contributed by atoms with Crippen molar-refractivity contribution < 1.29 is 27.8 Å². The fraction of sp³-hybridized carbons (Fsp3) is 0.133. The first kappa shape index (κ1) is 14.9. The van der Waals surface area contributed by atoms with Gasteiger partial charge >= 0.3 is 12.1 Å². The molecule has 0 unspecified atom stereocenters. The van der Waals surface area contributed by atoms with Gasteiger partial charge in [0.05, 0.1) is 12.7 Å². The van der Waals surface area contributed by atoms with Crippen molar-refractivity contribution in [3.63, 3.8) is 0 Å². The van der Waals surface area contributed by atoms with Gasteiger partial charge in [-0.15, -0.1) is 0 Å². The summed E-state index contributed by atoms with van der Waals surface area (Å²) in [5.41, 5.74) is -0.174. The Balaban J connectivity index is 2.44. The third kappa shape index (κ3) is 3.16. The van der Waals surface area contributed by atoms with E-state index in [0.29, 0.717) is 5.56 Å². The Morgan fingerprint density at radius 1 is 1.10 bits per heavy atom. The summed E-state index contributed by atoms with van der Waals surface area (Å²) in [4.78, 5) is 11.3. The molecule has 0 heterocycles. The maximum absolute atomic E-state index is 12.7. The van der Waals surface area contributed by atoms with Crippen LogP contribution in [0.4, 0.5) is 13.2 Å². The number of benzene rings is 2. The molecule has 0 aliphatic carbocycles. The van der Waals surface area contributed by atoms with Gasteiger partial charge in [-0.25, -0.2) is 4.79 Å². The lowest BCUT2D eigenvalue weighted by atomic mass is 10.0. The molecule has 3 nitrogen and oxygen atoms in total. The predicted octanol–water partition coefficient (Wildman–Crippen LogP) is 3.86. The number of hydrogen-bond donors (Lipinski definition) is 1. The van der Waals surface area contributed by atoms with Gasteiger partial charge in [0.2, 0.25) is 0 Å². The molecule has 0 saturated carbocycles. The Hall–Kier alpha value is -2.50. The molecule has 6 heteroatoms. The van der Waals surface area contributed by atoms with Crippen molar-refractivity contribution in [2.75, 3.05) is 7.11 Å². The quantitative estimate of drug-likeness (QED) is 0.856. The SMILES string of the molecule is COC(=O)c1ccc(-c2cccc(C(F)(F)F)c2)cc1O. The molecule has 110 valence electrons. The van der Waals surface area contributed by atoms with E-state index >= 15 is 0 Å². The van der Waals surface area contributed by atoms with Gasteiger partial charge in [0.25, 0.3) is 0 Å². The monoisotopic (exact) mass is 296 g/mol. The Labute approximate surface area is 118 Å². The number of esters is 1. The number of methoxy groups -OCH3 is 1. The van der Waals surface area contributed by atoms with Crippen molar-refractivity contribution in [3.8, 4) is 16.9 Å². The molecule has 0 aromatic heterocycles. The van der Waals surface area contributed by atoms with Gasteiger partial charge in [-0.1, -0.05) is 18.2 Å². The van der Waals surface area contributed by atoms with E-state index in [0.717, 1.165) is 12.1 Å². The van der Waals surface area contributed by atoms with Crippen LogP contribution < -0.4 is 0 Å². The molecule has 0 saturated heterocycles. The number of hydrogen-bond acceptors (Lipinski definition) is 3. The summed E-state index contributed by atoms with van der Waals surface area (Å²) in [6, 6.07) is 8.68. The normalized spacial score (nSPS) is 11.2. The van der Waals surface area contributed by atoms with Crippen LogP contribution in [0.3, 0.4) is 0 Å². The van der Waals surface area contributed by atoms with E-state index in [1.54, 1.807) is 0 Å².